The molecular formula is C18H22N2O4S2. The number of nitrogens with zero attached hydrogens (tertiary/aromatic N) is 1. The number of piperidine rings is 1. The Kier molecular flexibility index (Phi) is 6.08. The van der Waals surface area contributed by atoms with Gasteiger partial charge in [0.2, 0.25) is 10.0 Å². The van der Waals surface area contributed by atoms with Crippen LogP contribution in [0.5, 0.6) is 0 Å². The number of sulfonamides is 1. The summed E-state index contributed by atoms with van der Waals surface area (Å²) in [6, 6.07) is 10.2. The fourth-order valence-electron chi connectivity index (χ4n) is 3.23. The number of carbonyl (C=O) groups excluding carboxylic acids is 1. The fourth-order valence-corrected chi connectivity index (χ4v) is 6.25. The van der Waals surface area contributed by atoms with E-state index in [2.05, 4.69) is 5.32 Å². The highest BCUT2D eigenvalue weighted by Gasteiger charge is 2.36. The molecule has 0 saturated carbocycles. The average molecular weight is 395 g/mol. The first-order valence-electron chi connectivity index (χ1n) is 8.60. The van der Waals surface area contributed by atoms with Crippen molar-refractivity contribution in [2.75, 3.05) is 18.5 Å². The zero-order valence-electron chi connectivity index (χ0n) is 14.3. The zero-order chi connectivity index (χ0) is 18.6. The SMILES string of the molecule is O=C(Nc1ccccc1)c1sccc1S(=O)(=O)N1CCCCC1CCO. The molecule has 2 heterocycles. The van der Waals surface area contributed by atoms with Gasteiger partial charge in [-0.15, -0.1) is 11.3 Å². The lowest BCUT2D eigenvalue weighted by molar-refractivity contribution is 0.102. The molecule has 1 aromatic heterocycles. The minimum Gasteiger partial charge on any atom is -0.396 e. The van der Waals surface area contributed by atoms with E-state index in [0.29, 0.717) is 18.7 Å². The summed E-state index contributed by atoms with van der Waals surface area (Å²) in [5.41, 5.74) is 0.616. The molecule has 1 aliphatic heterocycles. The molecule has 0 radical (unpaired) electrons. The average Bonchev–Trinajstić information content (AvgIpc) is 3.14. The predicted molar refractivity (Wildman–Crippen MR) is 102 cm³/mol. The molecule has 1 aromatic carbocycles. The van der Waals surface area contributed by atoms with Crippen molar-refractivity contribution in [3.63, 3.8) is 0 Å². The second-order valence-corrected chi connectivity index (χ2v) is 8.99. The van der Waals surface area contributed by atoms with Crippen molar-refractivity contribution in [2.24, 2.45) is 0 Å². The normalized spacial score (nSPS) is 18.6. The quantitative estimate of drug-likeness (QED) is 0.789. The van der Waals surface area contributed by atoms with Gasteiger partial charge >= 0.3 is 0 Å². The van der Waals surface area contributed by atoms with Crippen molar-refractivity contribution in [3.05, 3.63) is 46.7 Å². The summed E-state index contributed by atoms with van der Waals surface area (Å²) in [4.78, 5) is 12.8. The van der Waals surface area contributed by atoms with Gasteiger partial charge < -0.3 is 10.4 Å². The second kappa shape index (κ2) is 8.30. The van der Waals surface area contributed by atoms with Crippen LogP contribution in [-0.4, -0.2) is 42.9 Å². The maximum Gasteiger partial charge on any atom is 0.267 e. The molecular weight excluding hydrogens is 372 g/mol. The van der Waals surface area contributed by atoms with E-state index in [9.17, 15) is 18.3 Å². The van der Waals surface area contributed by atoms with Gasteiger partial charge in [0, 0.05) is 24.9 Å². The molecule has 26 heavy (non-hydrogen) atoms. The Morgan fingerprint density at radius 3 is 2.73 bits per heavy atom. The van der Waals surface area contributed by atoms with Crippen LogP contribution in [0.25, 0.3) is 0 Å². The van der Waals surface area contributed by atoms with Gasteiger partial charge in [-0.1, -0.05) is 24.6 Å². The van der Waals surface area contributed by atoms with Crippen LogP contribution in [0.1, 0.15) is 35.4 Å². The summed E-state index contributed by atoms with van der Waals surface area (Å²) in [5.74, 6) is -0.430. The summed E-state index contributed by atoms with van der Waals surface area (Å²) in [5, 5.41) is 13.6. The number of aliphatic hydroxyl groups excluding tert-OH is 1. The van der Waals surface area contributed by atoms with Crippen molar-refractivity contribution < 1.29 is 18.3 Å². The van der Waals surface area contributed by atoms with E-state index < -0.39 is 15.9 Å². The Hall–Kier alpha value is -1.74. The Bertz CT molecular complexity index is 847. The van der Waals surface area contributed by atoms with Gasteiger partial charge in [0.1, 0.15) is 9.77 Å². The monoisotopic (exact) mass is 394 g/mol. The lowest BCUT2D eigenvalue weighted by atomic mass is 10.0. The third-order valence-corrected chi connectivity index (χ3v) is 7.53. The van der Waals surface area contributed by atoms with E-state index in [0.717, 1.165) is 30.6 Å². The zero-order valence-corrected chi connectivity index (χ0v) is 15.9. The molecule has 140 valence electrons. The number of hydrogen-bond acceptors (Lipinski definition) is 5. The highest BCUT2D eigenvalue weighted by molar-refractivity contribution is 7.89. The summed E-state index contributed by atoms with van der Waals surface area (Å²) in [6.45, 7) is 0.365. The number of thiophene rings is 1. The van der Waals surface area contributed by atoms with Crippen LogP contribution in [0.3, 0.4) is 0 Å². The summed E-state index contributed by atoms with van der Waals surface area (Å²) >= 11 is 1.12. The summed E-state index contributed by atoms with van der Waals surface area (Å²) in [6.07, 6.45) is 2.88. The molecule has 0 bridgehead atoms. The van der Waals surface area contributed by atoms with Crippen LogP contribution < -0.4 is 5.32 Å². The molecule has 2 aromatic rings. The highest BCUT2D eigenvalue weighted by atomic mass is 32.2. The molecule has 1 unspecified atom stereocenters. The van der Waals surface area contributed by atoms with Crippen LogP contribution in [-0.2, 0) is 10.0 Å². The summed E-state index contributed by atoms with van der Waals surface area (Å²) < 4.78 is 27.8. The number of hydrogen-bond donors (Lipinski definition) is 2. The minimum absolute atomic E-state index is 0.0424. The smallest absolute Gasteiger partial charge is 0.267 e. The predicted octanol–water partition coefficient (Wildman–Crippen LogP) is 2.93. The number of carbonyl (C=O) groups is 1. The highest BCUT2D eigenvalue weighted by Crippen LogP contribution is 2.31. The maximum atomic E-state index is 13.2. The molecule has 1 aliphatic rings. The van der Waals surface area contributed by atoms with E-state index >= 15 is 0 Å². The minimum atomic E-state index is -3.79. The first kappa shape index (κ1) is 19.0. The summed E-state index contributed by atoms with van der Waals surface area (Å²) in [7, 11) is -3.79. The molecule has 1 atom stereocenters. The molecule has 6 nitrogen and oxygen atoms in total. The number of aliphatic hydroxyl groups is 1. The molecule has 1 saturated heterocycles. The van der Waals surface area contributed by atoms with Gasteiger partial charge in [-0.25, -0.2) is 8.42 Å². The molecule has 8 heteroatoms. The van der Waals surface area contributed by atoms with Crippen molar-refractivity contribution in [2.45, 2.75) is 36.6 Å². The van der Waals surface area contributed by atoms with Crippen LogP contribution >= 0.6 is 11.3 Å². The van der Waals surface area contributed by atoms with E-state index in [1.165, 1.54) is 10.4 Å². The Morgan fingerprint density at radius 1 is 1.23 bits per heavy atom. The molecule has 0 aliphatic carbocycles. The topological polar surface area (TPSA) is 86.7 Å². The van der Waals surface area contributed by atoms with Crippen molar-refractivity contribution in [1.82, 2.24) is 4.31 Å². The number of anilines is 1. The Labute approximate surface area is 157 Å². The molecule has 3 rings (SSSR count). The van der Waals surface area contributed by atoms with Gasteiger partial charge in [0.15, 0.2) is 0 Å². The van der Waals surface area contributed by atoms with E-state index in [1.807, 2.05) is 6.07 Å². The number of para-hydroxylation sites is 1. The number of benzene rings is 1. The second-order valence-electron chi connectivity index (χ2n) is 6.21. The van der Waals surface area contributed by atoms with Crippen LogP contribution in [0, 0.1) is 0 Å². The van der Waals surface area contributed by atoms with E-state index in [4.69, 9.17) is 0 Å². The lowest BCUT2D eigenvalue weighted by Gasteiger charge is -2.34. The van der Waals surface area contributed by atoms with Crippen LogP contribution in [0.4, 0.5) is 5.69 Å². The van der Waals surface area contributed by atoms with Gasteiger partial charge in [-0.3, -0.25) is 4.79 Å². The Morgan fingerprint density at radius 2 is 2.00 bits per heavy atom. The Balaban J connectivity index is 1.87. The van der Waals surface area contributed by atoms with Crippen LogP contribution in [0.15, 0.2) is 46.7 Å². The lowest BCUT2D eigenvalue weighted by Crippen LogP contribution is -2.44. The third kappa shape index (κ3) is 3.98. The van der Waals surface area contributed by atoms with Gasteiger partial charge in [-0.05, 0) is 42.8 Å². The van der Waals surface area contributed by atoms with E-state index in [1.54, 1.807) is 29.6 Å². The van der Waals surface area contributed by atoms with Crippen molar-refractivity contribution in [3.8, 4) is 0 Å². The number of rotatable bonds is 6. The van der Waals surface area contributed by atoms with Gasteiger partial charge in [0.25, 0.3) is 5.91 Å². The number of nitrogens with one attached hydrogen (secondary N) is 1. The maximum absolute atomic E-state index is 13.2. The van der Waals surface area contributed by atoms with Crippen molar-refractivity contribution in [1.29, 1.82) is 0 Å². The first-order valence-corrected chi connectivity index (χ1v) is 10.9. The first-order chi connectivity index (χ1) is 12.5. The number of amides is 1. The van der Waals surface area contributed by atoms with Gasteiger partial charge in [0.05, 0.1) is 0 Å². The van der Waals surface area contributed by atoms with E-state index in [-0.39, 0.29) is 22.4 Å². The largest absolute Gasteiger partial charge is 0.396 e. The standard InChI is InChI=1S/C18H22N2O4S2/c21-12-9-15-8-4-5-11-20(15)26(23,24)16-10-13-25-17(16)18(22)19-14-6-2-1-3-7-14/h1-3,6-7,10,13,15,21H,4-5,8-9,11-12H2,(H,19,22). The molecule has 0 spiro atoms. The molecule has 1 fully saturated rings. The van der Waals surface area contributed by atoms with Crippen LogP contribution in [0.2, 0.25) is 0 Å². The van der Waals surface area contributed by atoms with Gasteiger partial charge in [-0.2, -0.15) is 4.31 Å². The fraction of sp³-hybridized carbons (Fsp3) is 0.389. The molecule has 1 amide bonds. The van der Waals surface area contributed by atoms with Crippen molar-refractivity contribution >= 4 is 33.0 Å². The third-order valence-electron chi connectivity index (χ3n) is 4.49. The molecule has 2 N–H and O–H groups in total.